The minimum absolute atomic E-state index is 0.386. The van der Waals surface area contributed by atoms with Gasteiger partial charge in [0.25, 0.3) is 0 Å². The summed E-state index contributed by atoms with van der Waals surface area (Å²) in [4.78, 5) is 0. The van der Waals surface area contributed by atoms with Crippen molar-refractivity contribution in [1.29, 1.82) is 0 Å². The third-order valence-corrected chi connectivity index (χ3v) is 3.03. The highest BCUT2D eigenvalue weighted by Crippen LogP contribution is 2.25. The zero-order valence-electron chi connectivity index (χ0n) is 11.1. The highest BCUT2D eigenvalue weighted by atomic mass is 14.8. The van der Waals surface area contributed by atoms with Gasteiger partial charge >= 0.3 is 0 Å². The summed E-state index contributed by atoms with van der Waals surface area (Å²) in [5.74, 6) is 0. The molecule has 0 aliphatic rings. The van der Waals surface area contributed by atoms with Crippen LogP contribution >= 0.6 is 0 Å². The topological polar surface area (TPSA) is 12.0 Å². The Kier molecular flexibility index (Phi) is 5.01. The second-order valence-corrected chi connectivity index (χ2v) is 5.43. The zero-order valence-corrected chi connectivity index (χ0v) is 11.1. The third-order valence-electron chi connectivity index (χ3n) is 3.03. The van der Waals surface area contributed by atoms with E-state index in [9.17, 15) is 0 Å². The van der Waals surface area contributed by atoms with Gasteiger partial charge in [0.15, 0.2) is 0 Å². The van der Waals surface area contributed by atoms with E-state index in [1.165, 1.54) is 24.0 Å². The first-order valence-corrected chi connectivity index (χ1v) is 6.30. The lowest BCUT2D eigenvalue weighted by Gasteiger charge is -2.25. The Morgan fingerprint density at radius 3 is 2.31 bits per heavy atom. The molecule has 0 saturated heterocycles. The lowest BCUT2D eigenvalue weighted by atomic mass is 9.82. The molecule has 1 aromatic carbocycles. The van der Waals surface area contributed by atoms with Gasteiger partial charge in [0.1, 0.15) is 0 Å². The van der Waals surface area contributed by atoms with Crippen molar-refractivity contribution in [3.8, 4) is 0 Å². The van der Waals surface area contributed by atoms with Gasteiger partial charge in [0.2, 0.25) is 0 Å². The molecular weight excluding hydrogens is 194 g/mol. The molecule has 1 N–H and O–H groups in total. The van der Waals surface area contributed by atoms with Crippen LogP contribution in [0.15, 0.2) is 24.3 Å². The van der Waals surface area contributed by atoms with Crippen molar-refractivity contribution in [1.82, 2.24) is 5.32 Å². The predicted octanol–water partition coefficient (Wildman–Crippen LogP) is 3.56. The first-order valence-electron chi connectivity index (χ1n) is 6.30. The Morgan fingerprint density at radius 2 is 1.75 bits per heavy atom. The van der Waals surface area contributed by atoms with Crippen LogP contribution in [0.1, 0.15) is 38.3 Å². The fraction of sp³-hybridized carbons (Fsp3) is 0.600. The van der Waals surface area contributed by atoms with E-state index < -0.39 is 0 Å². The summed E-state index contributed by atoms with van der Waals surface area (Å²) in [6.07, 6.45) is 2.40. The van der Waals surface area contributed by atoms with Gasteiger partial charge in [0.05, 0.1) is 0 Å². The minimum atomic E-state index is 0.386. The zero-order chi connectivity index (χ0) is 12.0. The maximum atomic E-state index is 3.40. The molecule has 0 aromatic heterocycles. The monoisotopic (exact) mass is 219 g/mol. The first kappa shape index (κ1) is 13.2. The normalized spacial score (nSPS) is 11.8. The summed E-state index contributed by atoms with van der Waals surface area (Å²) < 4.78 is 0. The van der Waals surface area contributed by atoms with E-state index in [0.29, 0.717) is 5.41 Å². The fourth-order valence-corrected chi connectivity index (χ4v) is 1.95. The molecule has 0 aliphatic heterocycles. The van der Waals surface area contributed by atoms with Crippen LogP contribution in [0, 0.1) is 12.3 Å². The minimum Gasteiger partial charge on any atom is -0.317 e. The average molecular weight is 219 g/mol. The van der Waals surface area contributed by atoms with Gasteiger partial charge in [-0.2, -0.15) is 0 Å². The van der Waals surface area contributed by atoms with Crippen LogP contribution in [0.5, 0.6) is 0 Å². The molecule has 0 unspecified atom stereocenters. The maximum Gasteiger partial charge on any atom is -0.00438 e. The molecule has 1 nitrogen and oxygen atoms in total. The van der Waals surface area contributed by atoms with Gasteiger partial charge in [-0.3, -0.25) is 0 Å². The number of nitrogens with one attached hydrogen (secondary N) is 1. The van der Waals surface area contributed by atoms with E-state index in [-0.39, 0.29) is 0 Å². The highest BCUT2D eigenvalue weighted by Gasteiger charge is 2.17. The summed E-state index contributed by atoms with van der Waals surface area (Å²) >= 11 is 0. The Morgan fingerprint density at radius 1 is 1.12 bits per heavy atom. The van der Waals surface area contributed by atoms with Crippen LogP contribution in [0.4, 0.5) is 0 Å². The average Bonchev–Trinajstić information content (AvgIpc) is 2.21. The van der Waals surface area contributed by atoms with Gasteiger partial charge < -0.3 is 5.32 Å². The summed E-state index contributed by atoms with van der Waals surface area (Å²) in [6.45, 7) is 11.2. The van der Waals surface area contributed by atoms with Crippen molar-refractivity contribution < 1.29 is 0 Å². The van der Waals surface area contributed by atoms with E-state index in [2.05, 4.69) is 57.3 Å². The Hall–Kier alpha value is -0.820. The van der Waals surface area contributed by atoms with Gasteiger partial charge in [-0.25, -0.2) is 0 Å². The van der Waals surface area contributed by atoms with Crippen LogP contribution in [-0.4, -0.2) is 13.1 Å². The molecular formula is C15H25N. The van der Waals surface area contributed by atoms with Crippen LogP contribution in [0.2, 0.25) is 0 Å². The molecule has 0 spiro atoms. The summed E-state index contributed by atoms with van der Waals surface area (Å²) in [5.41, 5.74) is 3.18. The SMILES string of the molecule is CCNCCC(C)(C)Cc1ccc(C)cc1. The quantitative estimate of drug-likeness (QED) is 0.721. The third kappa shape index (κ3) is 4.80. The molecule has 0 amide bonds. The molecule has 0 radical (unpaired) electrons. The predicted molar refractivity (Wildman–Crippen MR) is 71.8 cm³/mol. The van der Waals surface area contributed by atoms with Gasteiger partial charge in [-0.15, -0.1) is 0 Å². The van der Waals surface area contributed by atoms with E-state index in [1.54, 1.807) is 0 Å². The molecule has 0 heterocycles. The fourth-order valence-electron chi connectivity index (χ4n) is 1.95. The van der Waals surface area contributed by atoms with Crippen molar-refractivity contribution in [2.75, 3.05) is 13.1 Å². The lowest BCUT2D eigenvalue weighted by molar-refractivity contribution is 0.327. The van der Waals surface area contributed by atoms with Crippen LogP contribution < -0.4 is 5.32 Å². The summed E-state index contributed by atoms with van der Waals surface area (Å²) in [5, 5.41) is 3.40. The van der Waals surface area contributed by atoms with Crippen molar-refractivity contribution >= 4 is 0 Å². The Labute approximate surface area is 100 Å². The molecule has 0 bridgehead atoms. The van der Waals surface area contributed by atoms with Gasteiger partial charge in [-0.05, 0) is 43.8 Å². The van der Waals surface area contributed by atoms with Gasteiger partial charge in [0, 0.05) is 0 Å². The van der Waals surface area contributed by atoms with Crippen molar-refractivity contribution in [3.63, 3.8) is 0 Å². The van der Waals surface area contributed by atoms with Crippen molar-refractivity contribution in [2.45, 2.75) is 40.5 Å². The standard InChI is InChI=1S/C15H25N/c1-5-16-11-10-15(3,4)12-14-8-6-13(2)7-9-14/h6-9,16H,5,10-12H2,1-4H3. The molecule has 1 aromatic rings. The number of hydrogen-bond acceptors (Lipinski definition) is 1. The number of benzene rings is 1. The molecule has 0 fully saturated rings. The van der Waals surface area contributed by atoms with Crippen LogP contribution in [-0.2, 0) is 6.42 Å². The Balaban J connectivity index is 2.48. The molecule has 16 heavy (non-hydrogen) atoms. The molecule has 1 heteroatoms. The smallest absolute Gasteiger partial charge is 0.00438 e. The molecule has 1 rings (SSSR count). The Bertz CT molecular complexity index is 298. The second kappa shape index (κ2) is 6.05. The molecule has 0 saturated carbocycles. The molecule has 90 valence electrons. The van der Waals surface area contributed by atoms with E-state index >= 15 is 0 Å². The van der Waals surface area contributed by atoms with Crippen molar-refractivity contribution in [2.24, 2.45) is 5.41 Å². The van der Waals surface area contributed by atoms with Crippen molar-refractivity contribution in [3.05, 3.63) is 35.4 Å². The summed E-state index contributed by atoms with van der Waals surface area (Å²) in [7, 11) is 0. The van der Waals surface area contributed by atoms with E-state index in [0.717, 1.165) is 13.1 Å². The maximum absolute atomic E-state index is 3.40. The van der Waals surface area contributed by atoms with E-state index in [4.69, 9.17) is 0 Å². The number of hydrogen-bond donors (Lipinski definition) is 1. The first-order chi connectivity index (χ1) is 7.53. The molecule has 0 atom stereocenters. The van der Waals surface area contributed by atoms with E-state index in [1.807, 2.05) is 0 Å². The summed E-state index contributed by atoms with van der Waals surface area (Å²) in [6, 6.07) is 8.92. The lowest BCUT2D eigenvalue weighted by Crippen LogP contribution is -2.23. The largest absolute Gasteiger partial charge is 0.317 e. The number of aryl methyl sites for hydroxylation is 1. The highest BCUT2D eigenvalue weighted by molar-refractivity contribution is 5.22. The number of rotatable bonds is 6. The second-order valence-electron chi connectivity index (χ2n) is 5.43. The molecule has 0 aliphatic carbocycles. The van der Waals surface area contributed by atoms with Crippen LogP contribution in [0.3, 0.4) is 0 Å². The van der Waals surface area contributed by atoms with Gasteiger partial charge in [-0.1, -0.05) is 50.6 Å². The van der Waals surface area contributed by atoms with Crippen LogP contribution in [0.25, 0.3) is 0 Å².